The largest absolute Gasteiger partial charge is 0.481 e. The van der Waals surface area contributed by atoms with Gasteiger partial charge in [0, 0.05) is 35.8 Å². The van der Waals surface area contributed by atoms with Crippen molar-refractivity contribution in [1.82, 2.24) is 20.9 Å². The van der Waals surface area contributed by atoms with Gasteiger partial charge in [-0.05, 0) is 24.5 Å². The van der Waals surface area contributed by atoms with E-state index in [0.29, 0.717) is 5.56 Å². The van der Waals surface area contributed by atoms with Crippen molar-refractivity contribution in [3.8, 4) is 0 Å². The summed E-state index contributed by atoms with van der Waals surface area (Å²) in [6.07, 6.45) is 1.05. The number of nitrogens with one attached hydrogen (secondary N) is 4. The third-order valence-corrected chi connectivity index (χ3v) is 6.23. The van der Waals surface area contributed by atoms with Crippen LogP contribution in [0.2, 0.25) is 0 Å². The van der Waals surface area contributed by atoms with Crippen LogP contribution >= 0.6 is 12.6 Å². The van der Waals surface area contributed by atoms with Gasteiger partial charge in [0.15, 0.2) is 5.96 Å². The van der Waals surface area contributed by atoms with E-state index in [-0.39, 0.29) is 37.5 Å². The van der Waals surface area contributed by atoms with E-state index >= 15 is 0 Å². The number of thiol groups is 1. The van der Waals surface area contributed by atoms with Crippen molar-refractivity contribution < 1.29 is 34.2 Å². The Bertz CT molecular complexity index is 1250. The smallest absolute Gasteiger partial charge is 0.326 e. The van der Waals surface area contributed by atoms with Gasteiger partial charge >= 0.3 is 11.9 Å². The molecule has 0 aliphatic rings. The van der Waals surface area contributed by atoms with E-state index in [1.807, 2.05) is 12.1 Å². The monoisotopic (exact) mass is 578 g/mol. The molecule has 12 N–H and O–H groups in total. The molecule has 2 rings (SSSR count). The number of aromatic nitrogens is 1. The zero-order valence-corrected chi connectivity index (χ0v) is 22.4. The van der Waals surface area contributed by atoms with E-state index in [2.05, 4.69) is 38.6 Å². The van der Waals surface area contributed by atoms with Crippen molar-refractivity contribution in [2.75, 3.05) is 12.3 Å². The second-order valence-electron chi connectivity index (χ2n) is 8.92. The van der Waals surface area contributed by atoms with E-state index in [4.69, 9.17) is 22.3 Å². The minimum Gasteiger partial charge on any atom is -0.481 e. The predicted octanol–water partition coefficient (Wildman–Crippen LogP) is -1.97. The minimum absolute atomic E-state index is 0.0138. The summed E-state index contributed by atoms with van der Waals surface area (Å²) in [6.45, 7) is 0.162. The molecule has 0 saturated heterocycles. The molecule has 4 unspecified atom stereocenters. The molecule has 1 heterocycles. The summed E-state index contributed by atoms with van der Waals surface area (Å²) in [7, 11) is 0. The first-order valence-electron chi connectivity index (χ1n) is 12.3. The van der Waals surface area contributed by atoms with E-state index in [0.717, 1.165) is 10.9 Å². The lowest BCUT2D eigenvalue weighted by Crippen LogP contribution is -2.58. The number of hydrogen-bond donors (Lipinski definition) is 10. The molecule has 4 atom stereocenters. The van der Waals surface area contributed by atoms with Crippen LogP contribution in [0.5, 0.6) is 0 Å². The average molecular weight is 579 g/mol. The number of hydrogen-bond acceptors (Lipinski definition) is 8. The van der Waals surface area contributed by atoms with Gasteiger partial charge in [0.1, 0.15) is 18.1 Å². The van der Waals surface area contributed by atoms with Gasteiger partial charge < -0.3 is 48.3 Å². The van der Waals surface area contributed by atoms with Crippen LogP contribution in [0.4, 0.5) is 0 Å². The number of carbonyl (C=O) groups excluding carboxylic acids is 3. The fourth-order valence-corrected chi connectivity index (χ4v) is 3.95. The number of aliphatic carboxylic acids is 2. The van der Waals surface area contributed by atoms with Gasteiger partial charge in [-0.15, -0.1) is 0 Å². The number of benzene rings is 1. The summed E-state index contributed by atoms with van der Waals surface area (Å²) in [6, 6.07) is 1.97. The van der Waals surface area contributed by atoms with Gasteiger partial charge in [0.25, 0.3) is 0 Å². The van der Waals surface area contributed by atoms with Crippen LogP contribution in [0, 0.1) is 0 Å². The molecule has 40 heavy (non-hydrogen) atoms. The number of nitrogens with zero attached hydrogens (tertiary/aromatic N) is 1. The van der Waals surface area contributed by atoms with Crippen LogP contribution < -0.4 is 33.2 Å². The normalized spacial score (nSPS) is 13.8. The highest BCUT2D eigenvalue weighted by molar-refractivity contribution is 7.80. The molecule has 3 amide bonds. The summed E-state index contributed by atoms with van der Waals surface area (Å²) in [5, 5.41) is 26.5. The number of carboxylic acids is 2. The van der Waals surface area contributed by atoms with E-state index < -0.39 is 60.2 Å². The van der Waals surface area contributed by atoms with Crippen molar-refractivity contribution in [3.63, 3.8) is 0 Å². The molecule has 0 saturated carbocycles. The Morgan fingerprint density at radius 1 is 0.950 bits per heavy atom. The number of nitrogens with two attached hydrogens (primary N) is 3. The maximum atomic E-state index is 13.4. The molecule has 15 nitrogen and oxygen atoms in total. The number of carboxylic acid groups (broad SMARTS) is 2. The lowest BCUT2D eigenvalue weighted by atomic mass is 10.0. The van der Waals surface area contributed by atoms with Gasteiger partial charge in [-0.3, -0.25) is 24.2 Å². The van der Waals surface area contributed by atoms with Gasteiger partial charge in [0.05, 0.1) is 12.5 Å². The number of rotatable bonds is 16. The third-order valence-electron chi connectivity index (χ3n) is 5.84. The van der Waals surface area contributed by atoms with Gasteiger partial charge in [-0.2, -0.15) is 12.6 Å². The maximum absolute atomic E-state index is 13.4. The zero-order chi connectivity index (χ0) is 29.8. The molecule has 16 heteroatoms. The van der Waals surface area contributed by atoms with Crippen molar-refractivity contribution in [1.29, 1.82) is 0 Å². The number of carbonyl (C=O) groups is 5. The second kappa shape index (κ2) is 15.3. The van der Waals surface area contributed by atoms with Crippen LogP contribution in [0.25, 0.3) is 10.9 Å². The van der Waals surface area contributed by atoms with Gasteiger partial charge in [-0.1, -0.05) is 18.2 Å². The van der Waals surface area contributed by atoms with E-state index in [9.17, 15) is 29.1 Å². The molecule has 0 spiro atoms. The molecule has 0 bridgehead atoms. The molecule has 218 valence electrons. The maximum Gasteiger partial charge on any atom is 0.326 e. The predicted molar refractivity (Wildman–Crippen MR) is 149 cm³/mol. The fourth-order valence-electron chi connectivity index (χ4n) is 3.78. The Balaban J connectivity index is 2.33. The first-order chi connectivity index (χ1) is 18.9. The Morgan fingerprint density at radius 2 is 1.57 bits per heavy atom. The highest BCUT2D eigenvalue weighted by atomic mass is 32.1. The van der Waals surface area contributed by atoms with Crippen molar-refractivity contribution in [2.24, 2.45) is 22.2 Å². The van der Waals surface area contributed by atoms with Crippen LogP contribution in [-0.4, -0.2) is 87.3 Å². The van der Waals surface area contributed by atoms with Crippen LogP contribution in [0.3, 0.4) is 0 Å². The highest BCUT2D eigenvalue weighted by Gasteiger charge is 2.31. The standard InChI is InChI=1S/C24H34N8O7S/c25-14(11-40)20(35)30-16(6-3-7-28-24(26)27)21(36)31-17(22(37)32-18(23(38)39)9-19(33)34)8-12-10-29-15-5-2-1-4-13(12)15/h1-2,4-5,10,14,16-18,29,40H,3,6-9,11,25H2,(H,30,35)(H,31,36)(H,32,37)(H,33,34)(H,38,39)(H4,26,27,28). The Hall–Kier alpha value is -4.31. The first kappa shape index (κ1) is 31.9. The molecular weight excluding hydrogens is 544 g/mol. The minimum atomic E-state index is -1.74. The lowest BCUT2D eigenvalue weighted by molar-refractivity contribution is -0.147. The third kappa shape index (κ3) is 9.77. The molecule has 0 radical (unpaired) electrons. The van der Waals surface area contributed by atoms with Crippen LogP contribution in [-0.2, 0) is 30.4 Å². The summed E-state index contributed by atoms with van der Waals surface area (Å²) in [4.78, 5) is 68.6. The molecule has 0 aliphatic heterocycles. The number of guanidine groups is 1. The van der Waals surface area contributed by atoms with E-state index in [1.165, 1.54) is 0 Å². The Kier molecular flexibility index (Phi) is 12.2. The first-order valence-corrected chi connectivity index (χ1v) is 12.9. The summed E-state index contributed by atoms with van der Waals surface area (Å²) in [5.41, 5.74) is 17.8. The quantitative estimate of drug-likeness (QED) is 0.0454. The number of aromatic amines is 1. The SMILES string of the molecule is NC(N)=NCCCC(NC(=O)C(N)CS)C(=O)NC(Cc1c[nH]c2ccccc12)C(=O)NC(CC(=O)O)C(=O)O. The lowest BCUT2D eigenvalue weighted by Gasteiger charge is -2.25. The molecule has 0 fully saturated rings. The summed E-state index contributed by atoms with van der Waals surface area (Å²) < 4.78 is 0. The summed E-state index contributed by atoms with van der Waals surface area (Å²) >= 11 is 3.99. The summed E-state index contributed by atoms with van der Waals surface area (Å²) in [5.74, 6) is -5.46. The molecule has 2 aromatic rings. The van der Waals surface area contributed by atoms with Crippen molar-refractivity contribution in [3.05, 3.63) is 36.0 Å². The fraction of sp³-hybridized carbons (Fsp3) is 0.417. The number of H-pyrrole nitrogens is 1. The van der Waals surface area contributed by atoms with Crippen molar-refractivity contribution in [2.45, 2.75) is 49.9 Å². The Morgan fingerprint density at radius 3 is 2.20 bits per heavy atom. The molecule has 1 aromatic heterocycles. The topological polar surface area (TPSA) is 268 Å². The van der Waals surface area contributed by atoms with Crippen molar-refractivity contribution >= 4 is 59.2 Å². The average Bonchev–Trinajstić information content (AvgIpc) is 3.31. The van der Waals surface area contributed by atoms with Crippen LogP contribution in [0.1, 0.15) is 24.8 Å². The molecule has 0 aliphatic carbocycles. The zero-order valence-electron chi connectivity index (χ0n) is 21.5. The van der Waals surface area contributed by atoms with Gasteiger partial charge in [-0.25, -0.2) is 4.79 Å². The molecule has 1 aromatic carbocycles. The number of amides is 3. The molecular formula is C24H34N8O7S. The number of para-hydroxylation sites is 1. The second-order valence-corrected chi connectivity index (χ2v) is 9.29. The number of fused-ring (bicyclic) bond motifs is 1. The van der Waals surface area contributed by atoms with Gasteiger partial charge in [0.2, 0.25) is 17.7 Å². The van der Waals surface area contributed by atoms with E-state index in [1.54, 1.807) is 18.3 Å². The highest BCUT2D eigenvalue weighted by Crippen LogP contribution is 2.19. The van der Waals surface area contributed by atoms with Crippen LogP contribution in [0.15, 0.2) is 35.5 Å². The number of aliphatic imine (C=N–C) groups is 1. The Labute approximate surface area is 234 Å².